The average Bonchev–Trinajstić information content (AvgIpc) is 2.87. The molecule has 1 unspecified atom stereocenters. The van der Waals surface area contributed by atoms with Gasteiger partial charge in [0.25, 0.3) is 5.91 Å². The lowest BCUT2D eigenvalue weighted by Gasteiger charge is -2.16. The lowest BCUT2D eigenvalue weighted by Crippen LogP contribution is -2.29. The summed E-state index contributed by atoms with van der Waals surface area (Å²) in [5.41, 5.74) is 1.89. The van der Waals surface area contributed by atoms with Crippen molar-refractivity contribution in [1.29, 1.82) is 0 Å². The Balaban J connectivity index is 2.04. The van der Waals surface area contributed by atoms with Crippen molar-refractivity contribution >= 4 is 21.8 Å². The highest BCUT2D eigenvalue weighted by Gasteiger charge is 2.26. The lowest BCUT2D eigenvalue weighted by molar-refractivity contribution is 0.0782. The van der Waals surface area contributed by atoms with E-state index in [1.807, 2.05) is 29.2 Å². The Morgan fingerprint density at radius 3 is 2.65 bits per heavy atom. The Kier molecular flexibility index (Phi) is 4.18. The van der Waals surface area contributed by atoms with E-state index in [2.05, 4.69) is 15.9 Å². The van der Waals surface area contributed by atoms with Crippen molar-refractivity contribution in [3.63, 3.8) is 0 Å². The SMILES string of the molecule is O=C(c1ccc(CBr)cc1)N1CCC(CO)C1. The normalized spacial score (nSPS) is 19.6. The van der Waals surface area contributed by atoms with Gasteiger partial charge < -0.3 is 10.0 Å². The fourth-order valence-corrected chi connectivity index (χ4v) is 2.46. The highest BCUT2D eigenvalue weighted by molar-refractivity contribution is 9.08. The van der Waals surface area contributed by atoms with E-state index < -0.39 is 0 Å². The molecule has 0 saturated carbocycles. The van der Waals surface area contributed by atoms with Crippen LogP contribution in [0.3, 0.4) is 0 Å². The molecule has 3 nitrogen and oxygen atoms in total. The van der Waals surface area contributed by atoms with Crippen LogP contribution in [-0.2, 0) is 5.33 Å². The summed E-state index contributed by atoms with van der Waals surface area (Å²) in [5, 5.41) is 9.86. The molecule has 0 spiro atoms. The van der Waals surface area contributed by atoms with E-state index in [-0.39, 0.29) is 18.4 Å². The molecule has 1 aromatic carbocycles. The molecule has 92 valence electrons. The van der Waals surface area contributed by atoms with Gasteiger partial charge in [-0.3, -0.25) is 4.79 Å². The Morgan fingerprint density at radius 2 is 2.12 bits per heavy atom. The Bertz CT molecular complexity index is 391. The highest BCUT2D eigenvalue weighted by Crippen LogP contribution is 2.18. The summed E-state index contributed by atoms with van der Waals surface area (Å²) in [7, 11) is 0. The fraction of sp³-hybridized carbons (Fsp3) is 0.462. The molecule has 0 aromatic heterocycles. The minimum Gasteiger partial charge on any atom is -0.396 e. The van der Waals surface area contributed by atoms with Crippen LogP contribution >= 0.6 is 15.9 Å². The zero-order chi connectivity index (χ0) is 12.3. The van der Waals surface area contributed by atoms with Crippen LogP contribution < -0.4 is 0 Å². The van der Waals surface area contributed by atoms with Gasteiger partial charge in [0.15, 0.2) is 0 Å². The Hall–Kier alpha value is -0.870. The van der Waals surface area contributed by atoms with Crippen LogP contribution in [0, 0.1) is 5.92 Å². The zero-order valence-corrected chi connectivity index (χ0v) is 11.2. The maximum absolute atomic E-state index is 12.1. The zero-order valence-electron chi connectivity index (χ0n) is 9.60. The number of carbonyl (C=O) groups excluding carboxylic acids is 1. The largest absolute Gasteiger partial charge is 0.396 e. The first-order valence-electron chi connectivity index (χ1n) is 5.79. The summed E-state index contributed by atoms with van der Waals surface area (Å²) >= 11 is 3.38. The van der Waals surface area contributed by atoms with Crippen molar-refractivity contribution in [1.82, 2.24) is 4.90 Å². The summed E-state index contributed by atoms with van der Waals surface area (Å²) < 4.78 is 0. The number of rotatable bonds is 3. The summed E-state index contributed by atoms with van der Waals surface area (Å²) in [4.78, 5) is 14.0. The first-order chi connectivity index (χ1) is 8.24. The smallest absolute Gasteiger partial charge is 0.253 e. The van der Waals surface area contributed by atoms with Gasteiger partial charge >= 0.3 is 0 Å². The maximum Gasteiger partial charge on any atom is 0.253 e. The van der Waals surface area contributed by atoms with Crippen LogP contribution in [-0.4, -0.2) is 35.6 Å². The van der Waals surface area contributed by atoms with Crippen molar-refractivity contribution in [3.05, 3.63) is 35.4 Å². The minimum atomic E-state index is 0.0714. The van der Waals surface area contributed by atoms with E-state index >= 15 is 0 Å². The molecule has 1 heterocycles. The third-order valence-corrected chi connectivity index (χ3v) is 3.83. The van der Waals surface area contributed by atoms with Crippen LogP contribution in [0.15, 0.2) is 24.3 Å². The molecule has 1 N–H and O–H groups in total. The van der Waals surface area contributed by atoms with E-state index in [4.69, 9.17) is 5.11 Å². The first kappa shape index (κ1) is 12.6. The number of likely N-dealkylation sites (tertiary alicyclic amines) is 1. The molecule has 1 aliphatic rings. The van der Waals surface area contributed by atoms with E-state index in [1.54, 1.807) is 0 Å². The standard InChI is InChI=1S/C13H16BrNO2/c14-7-10-1-3-12(4-2-10)13(17)15-6-5-11(8-15)9-16/h1-4,11,16H,5-9H2. The molecular weight excluding hydrogens is 282 g/mol. The van der Waals surface area contributed by atoms with Gasteiger partial charge in [0.2, 0.25) is 0 Å². The van der Waals surface area contributed by atoms with Gasteiger partial charge in [0, 0.05) is 36.5 Å². The summed E-state index contributed by atoms with van der Waals surface area (Å²) in [5.74, 6) is 0.322. The number of aliphatic hydroxyl groups is 1. The van der Waals surface area contributed by atoms with Gasteiger partial charge in [-0.25, -0.2) is 0 Å². The summed E-state index contributed by atoms with van der Waals surface area (Å²) in [6.45, 7) is 1.60. The predicted molar refractivity (Wildman–Crippen MR) is 70.2 cm³/mol. The number of hydrogen-bond donors (Lipinski definition) is 1. The van der Waals surface area contributed by atoms with Crippen LogP contribution in [0.2, 0.25) is 0 Å². The number of benzene rings is 1. The highest BCUT2D eigenvalue weighted by atomic mass is 79.9. The van der Waals surface area contributed by atoms with Gasteiger partial charge in [0.1, 0.15) is 0 Å². The quantitative estimate of drug-likeness (QED) is 0.868. The van der Waals surface area contributed by atoms with E-state index in [0.29, 0.717) is 6.54 Å². The number of aliphatic hydroxyl groups excluding tert-OH is 1. The molecular formula is C13H16BrNO2. The van der Waals surface area contributed by atoms with Crippen molar-refractivity contribution in [2.45, 2.75) is 11.8 Å². The third kappa shape index (κ3) is 2.87. The second-order valence-electron chi connectivity index (χ2n) is 4.42. The molecule has 1 aromatic rings. The van der Waals surface area contributed by atoms with Gasteiger partial charge in [0.05, 0.1) is 0 Å². The molecule has 1 atom stereocenters. The predicted octanol–water partition coefficient (Wildman–Crippen LogP) is 2.04. The number of alkyl halides is 1. The molecule has 1 fully saturated rings. The minimum absolute atomic E-state index is 0.0714. The summed E-state index contributed by atoms with van der Waals surface area (Å²) in [6, 6.07) is 7.65. The van der Waals surface area contributed by atoms with Gasteiger partial charge in [-0.15, -0.1) is 0 Å². The Morgan fingerprint density at radius 1 is 1.41 bits per heavy atom. The maximum atomic E-state index is 12.1. The molecule has 2 rings (SSSR count). The molecule has 0 aliphatic carbocycles. The second-order valence-corrected chi connectivity index (χ2v) is 4.98. The van der Waals surface area contributed by atoms with Crippen LogP contribution in [0.25, 0.3) is 0 Å². The molecule has 4 heteroatoms. The molecule has 1 aliphatic heterocycles. The summed E-state index contributed by atoms with van der Waals surface area (Å²) in [6.07, 6.45) is 0.904. The molecule has 1 saturated heterocycles. The number of carbonyl (C=O) groups is 1. The van der Waals surface area contributed by atoms with E-state index in [9.17, 15) is 4.79 Å². The van der Waals surface area contributed by atoms with E-state index in [1.165, 1.54) is 0 Å². The third-order valence-electron chi connectivity index (χ3n) is 3.19. The second kappa shape index (κ2) is 5.65. The Labute approximate surface area is 110 Å². The van der Waals surface area contributed by atoms with Crippen molar-refractivity contribution in [2.75, 3.05) is 19.7 Å². The average molecular weight is 298 g/mol. The number of nitrogens with zero attached hydrogens (tertiary/aromatic N) is 1. The molecule has 17 heavy (non-hydrogen) atoms. The molecule has 0 bridgehead atoms. The van der Waals surface area contributed by atoms with Crippen LogP contribution in [0.5, 0.6) is 0 Å². The van der Waals surface area contributed by atoms with Gasteiger partial charge in [-0.05, 0) is 24.1 Å². The molecule has 0 radical (unpaired) electrons. The number of hydrogen-bond acceptors (Lipinski definition) is 2. The topological polar surface area (TPSA) is 40.5 Å². The van der Waals surface area contributed by atoms with Gasteiger partial charge in [-0.2, -0.15) is 0 Å². The monoisotopic (exact) mass is 297 g/mol. The van der Waals surface area contributed by atoms with Crippen LogP contribution in [0.4, 0.5) is 0 Å². The number of amides is 1. The fourth-order valence-electron chi connectivity index (χ4n) is 2.09. The van der Waals surface area contributed by atoms with Crippen molar-refractivity contribution in [3.8, 4) is 0 Å². The van der Waals surface area contributed by atoms with E-state index in [0.717, 1.165) is 29.4 Å². The van der Waals surface area contributed by atoms with Crippen molar-refractivity contribution in [2.24, 2.45) is 5.92 Å². The van der Waals surface area contributed by atoms with Gasteiger partial charge in [-0.1, -0.05) is 28.1 Å². The number of halogens is 1. The first-order valence-corrected chi connectivity index (χ1v) is 6.91. The van der Waals surface area contributed by atoms with Crippen LogP contribution in [0.1, 0.15) is 22.3 Å². The lowest BCUT2D eigenvalue weighted by atomic mass is 10.1. The van der Waals surface area contributed by atoms with Crippen molar-refractivity contribution < 1.29 is 9.90 Å². The molecule has 1 amide bonds.